The fraction of sp³-hybridized carbons (Fsp3) is 0.261. The Morgan fingerprint density at radius 2 is 1.79 bits per heavy atom. The van der Waals surface area contributed by atoms with E-state index in [1.54, 1.807) is 12.1 Å². The predicted molar refractivity (Wildman–Crippen MR) is 112 cm³/mol. The Labute approximate surface area is 167 Å². The molecule has 146 valence electrons. The number of piperidine rings is 1. The lowest BCUT2D eigenvalue weighted by Gasteiger charge is -2.32. The van der Waals surface area contributed by atoms with Crippen molar-refractivity contribution < 1.29 is 8.94 Å². The molecule has 1 aliphatic rings. The standard InChI is InChI=1S/C23H21N3O3/c1-15-10-12-26(13-11-15)18-8-6-16(7-9-18)21-24-22(29-25-21)19-14-17-4-2-3-5-20(17)28-23(19)27/h2-9,14-15H,10-13H2,1H3. The average Bonchev–Trinajstić information content (AvgIpc) is 3.24. The van der Waals surface area contributed by atoms with Gasteiger partial charge in [-0.15, -0.1) is 0 Å². The second-order valence-electron chi connectivity index (χ2n) is 7.62. The average molecular weight is 387 g/mol. The van der Waals surface area contributed by atoms with Crippen molar-refractivity contribution in [2.24, 2.45) is 5.92 Å². The van der Waals surface area contributed by atoms with Gasteiger partial charge in [0.1, 0.15) is 11.1 Å². The van der Waals surface area contributed by atoms with Crippen molar-refractivity contribution in [2.45, 2.75) is 19.8 Å². The molecule has 1 fully saturated rings. The van der Waals surface area contributed by atoms with Gasteiger partial charge >= 0.3 is 5.63 Å². The van der Waals surface area contributed by atoms with Crippen molar-refractivity contribution in [1.29, 1.82) is 0 Å². The summed E-state index contributed by atoms with van der Waals surface area (Å²) in [7, 11) is 0. The largest absolute Gasteiger partial charge is 0.422 e. The summed E-state index contributed by atoms with van der Waals surface area (Å²) in [5, 5.41) is 4.86. The van der Waals surface area contributed by atoms with Crippen LogP contribution in [0.2, 0.25) is 0 Å². The van der Waals surface area contributed by atoms with E-state index in [4.69, 9.17) is 8.94 Å². The molecule has 6 heteroatoms. The van der Waals surface area contributed by atoms with Crippen LogP contribution >= 0.6 is 0 Å². The van der Waals surface area contributed by atoms with Gasteiger partial charge in [-0.05, 0) is 55.2 Å². The zero-order chi connectivity index (χ0) is 19.8. The lowest BCUT2D eigenvalue weighted by molar-refractivity contribution is 0.429. The van der Waals surface area contributed by atoms with Gasteiger partial charge in [0.2, 0.25) is 5.82 Å². The van der Waals surface area contributed by atoms with E-state index in [1.807, 2.05) is 30.3 Å². The third-order valence-electron chi connectivity index (χ3n) is 5.57. The summed E-state index contributed by atoms with van der Waals surface area (Å²) in [6.45, 7) is 4.49. The van der Waals surface area contributed by atoms with Gasteiger partial charge in [-0.1, -0.05) is 30.3 Å². The molecule has 0 atom stereocenters. The molecule has 0 unspecified atom stereocenters. The molecule has 4 aromatic rings. The summed E-state index contributed by atoms with van der Waals surface area (Å²) in [5.74, 6) is 1.41. The molecular weight excluding hydrogens is 366 g/mol. The van der Waals surface area contributed by atoms with Gasteiger partial charge in [0.25, 0.3) is 5.89 Å². The molecule has 1 aliphatic heterocycles. The zero-order valence-electron chi connectivity index (χ0n) is 16.2. The maximum absolute atomic E-state index is 12.3. The number of hydrogen-bond acceptors (Lipinski definition) is 6. The summed E-state index contributed by atoms with van der Waals surface area (Å²) in [4.78, 5) is 19.1. The number of nitrogens with zero attached hydrogens (tertiary/aromatic N) is 3. The van der Waals surface area contributed by atoms with Crippen molar-refractivity contribution in [3.8, 4) is 22.8 Å². The molecule has 0 radical (unpaired) electrons. The first-order valence-corrected chi connectivity index (χ1v) is 9.90. The number of hydrogen-bond donors (Lipinski definition) is 0. The first kappa shape index (κ1) is 17.7. The fourth-order valence-electron chi connectivity index (χ4n) is 3.75. The van der Waals surface area contributed by atoms with Crippen LogP contribution in [-0.2, 0) is 0 Å². The fourth-order valence-corrected chi connectivity index (χ4v) is 3.75. The van der Waals surface area contributed by atoms with Crippen LogP contribution in [0, 0.1) is 5.92 Å². The van der Waals surface area contributed by atoms with Gasteiger partial charge in [-0.25, -0.2) is 4.79 Å². The van der Waals surface area contributed by atoms with Crippen LogP contribution < -0.4 is 10.5 Å². The van der Waals surface area contributed by atoms with Crippen molar-refractivity contribution in [3.63, 3.8) is 0 Å². The van der Waals surface area contributed by atoms with Crippen LogP contribution in [0.15, 0.2) is 68.3 Å². The van der Waals surface area contributed by atoms with Crippen LogP contribution in [0.25, 0.3) is 33.8 Å². The molecule has 2 aromatic heterocycles. The minimum Gasteiger partial charge on any atom is -0.422 e. The number of rotatable bonds is 3. The highest BCUT2D eigenvalue weighted by Gasteiger charge is 2.18. The predicted octanol–water partition coefficient (Wildman–Crippen LogP) is 4.75. The molecule has 6 nitrogen and oxygen atoms in total. The van der Waals surface area contributed by atoms with E-state index in [0.717, 1.165) is 30.0 Å². The molecule has 3 heterocycles. The summed E-state index contributed by atoms with van der Waals surface area (Å²) >= 11 is 0. The van der Waals surface area contributed by atoms with E-state index in [1.165, 1.54) is 18.5 Å². The minimum absolute atomic E-state index is 0.161. The summed E-state index contributed by atoms with van der Waals surface area (Å²) < 4.78 is 10.7. The van der Waals surface area contributed by atoms with Gasteiger partial charge in [0, 0.05) is 29.7 Å². The molecule has 2 aromatic carbocycles. The molecule has 29 heavy (non-hydrogen) atoms. The maximum atomic E-state index is 12.3. The lowest BCUT2D eigenvalue weighted by Crippen LogP contribution is -2.32. The highest BCUT2D eigenvalue weighted by atomic mass is 16.5. The van der Waals surface area contributed by atoms with Gasteiger partial charge < -0.3 is 13.8 Å². The number of para-hydroxylation sites is 1. The molecule has 0 amide bonds. The van der Waals surface area contributed by atoms with Gasteiger partial charge in [-0.2, -0.15) is 4.98 Å². The lowest BCUT2D eigenvalue weighted by atomic mass is 9.98. The molecule has 0 aliphatic carbocycles. The molecule has 0 N–H and O–H groups in total. The highest BCUT2D eigenvalue weighted by molar-refractivity contribution is 5.80. The highest BCUT2D eigenvalue weighted by Crippen LogP contribution is 2.27. The SMILES string of the molecule is CC1CCN(c2ccc(-c3noc(-c4cc5ccccc5oc4=O)n3)cc2)CC1. The van der Waals surface area contributed by atoms with Crippen molar-refractivity contribution >= 4 is 16.7 Å². The van der Waals surface area contributed by atoms with Gasteiger partial charge in [0.15, 0.2) is 0 Å². The van der Waals surface area contributed by atoms with Crippen LogP contribution in [-0.4, -0.2) is 23.2 Å². The Morgan fingerprint density at radius 1 is 1.03 bits per heavy atom. The molecule has 1 saturated heterocycles. The Kier molecular flexibility index (Phi) is 4.39. The van der Waals surface area contributed by atoms with Crippen LogP contribution in [0.1, 0.15) is 19.8 Å². The number of fused-ring (bicyclic) bond motifs is 1. The third-order valence-corrected chi connectivity index (χ3v) is 5.57. The van der Waals surface area contributed by atoms with E-state index in [9.17, 15) is 4.79 Å². The van der Waals surface area contributed by atoms with Crippen LogP contribution in [0.4, 0.5) is 5.69 Å². The van der Waals surface area contributed by atoms with Crippen molar-refractivity contribution in [3.05, 3.63) is 65.0 Å². The topological polar surface area (TPSA) is 72.4 Å². The normalized spacial score (nSPS) is 15.1. The molecule has 0 saturated carbocycles. The van der Waals surface area contributed by atoms with Gasteiger partial charge in [-0.3, -0.25) is 0 Å². The Balaban J connectivity index is 1.42. The molecular formula is C23H21N3O3. The number of aromatic nitrogens is 2. The Hall–Kier alpha value is -3.41. The third kappa shape index (κ3) is 3.42. The van der Waals surface area contributed by atoms with E-state index in [0.29, 0.717) is 11.4 Å². The second-order valence-corrected chi connectivity index (χ2v) is 7.62. The van der Waals surface area contributed by atoms with E-state index in [-0.39, 0.29) is 11.5 Å². The quantitative estimate of drug-likeness (QED) is 0.473. The van der Waals surface area contributed by atoms with Gasteiger partial charge in [0.05, 0.1) is 0 Å². The number of anilines is 1. The monoisotopic (exact) mass is 387 g/mol. The molecule has 0 bridgehead atoms. The first-order valence-electron chi connectivity index (χ1n) is 9.90. The summed E-state index contributed by atoms with van der Waals surface area (Å²) in [6.07, 6.45) is 2.45. The van der Waals surface area contributed by atoms with E-state index in [2.05, 4.69) is 34.1 Å². The smallest absolute Gasteiger partial charge is 0.349 e. The van der Waals surface area contributed by atoms with Crippen molar-refractivity contribution in [2.75, 3.05) is 18.0 Å². The van der Waals surface area contributed by atoms with E-state index < -0.39 is 5.63 Å². The zero-order valence-corrected chi connectivity index (χ0v) is 16.2. The first-order chi connectivity index (χ1) is 14.2. The molecule has 5 rings (SSSR count). The van der Waals surface area contributed by atoms with Crippen LogP contribution in [0.5, 0.6) is 0 Å². The summed E-state index contributed by atoms with van der Waals surface area (Å²) in [5.41, 5.74) is 2.36. The molecule has 0 spiro atoms. The van der Waals surface area contributed by atoms with Crippen LogP contribution in [0.3, 0.4) is 0 Å². The second kappa shape index (κ2) is 7.20. The Morgan fingerprint density at radius 3 is 2.59 bits per heavy atom. The van der Waals surface area contributed by atoms with Crippen molar-refractivity contribution in [1.82, 2.24) is 10.1 Å². The Bertz CT molecular complexity index is 1200. The number of benzene rings is 2. The maximum Gasteiger partial charge on any atom is 0.349 e. The minimum atomic E-state index is -0.492. The van der Waals surface area contributed by atoms with E-state index >= 15 is 0 Å². The summed E-state index contributed by atoms with van der Waals surface area (Å²) in [6, 6.07) is 17.2.